The van der Waals surface area contributed by atoms with Crippen LogP contribution in [-0.2, 0) is 0 Å². The molecule has 0 saturated carbocycles. The molecule has 9 heteroatoms. The number of hydrogen-bond donors (Lipinski definition) is 1. The Kier molecular flexibility index (Phi) is 5.54. The van der Waals surface area contributed by atoms with Crippen LogP contribution in [-0.4, -0.2) is 17.0 Å². The van der Waals surface area contributed by atoms with E-state index in [1.165, 1.54) is 18.3 Å². The zero-order chi connectivity index (χ0) is 19.4. The molecule has 1 N–H and O–H groups in total. The number of rotatable bonds is 5. The van der Waals surface area contributed by atoms with Crippen molar-refractivity contribution in [2.45, 2.75) is 0 Å². The van der Waals surface area contributed by atoms with Crippen molar-refractivity contribution in [2.75, 3.05) is 0 Å². The van der Waals surface area contributed by atoms with E-state index in [-0.39, 0.29) is 10.7 Å². The van der Waals surface area contributed by atoms with Gasteiger partial charge in [-0.1, -0.05) is 23.2 Å². The summed E-state index contributed by atoms with van der Waals surface area (Å²) < 4.78 is 5.56. The van der Waals surface area contributed by atoms with E-state index in [4.69, 9.17) is 27.6 Å². The molecule has 0 spiro atoms. The molecule has 136 valence electrons. The van der Waals surface area contributed by atoms with Crippen LogP contribution in [0.25, 0.3) is 11.3 Å². The second-order valence-electron chi connectivity index (χ2n) is 5.33. The van der Waals surface area contributed by atoms with Gasteiger partial charge in [0.2, 0.25) is 0 Å². The van der Waals surface area contributed by atoms with E-state index in [1.54, 1.807) is 42.5 Å². The molecule has 0 aliphatic rings. The van der Waals surface area contributed by atoms with Crippen LogP contribution in [0.2, 0.25) is 10.0 Å². The van der Waals surface area contributed by atoms with Crippen molar-refractivity contribution in [1.29, 1.82) is 0 Å². The Morgan fingerprint density at radius 3 is 2.56 bits per heavy atom. The molecule has 0 aliphatic carbocycles. The number of nitro benzene ring substituents is 1. The SMILES string of the molecule is O=C(N/N=C/c1ccc(-c2ccc(Cl)c([N+](=O)[O-])c2)o1)c1ccc(Cl)cc1. The third-order valence-corrected chi connectivity index (χ3v) is 4.09. The highest BCUT2D eigenvalue weighted by molar-refractivity contribution is 6.32. The predicted octanol–water partition coefficient (Wildman–Crippen LogP) is 4.93. The zero-order valence-electron chi connectivity index (χ0n) is 13.6. The van der Waals surface area contributed by atoms with Gasteiger partial charge in [-0.15, -0.1) is 0 Å². The Labute approximate surface area is 163 Å². The monoisotopic (exact) mass is 403 g/mol. The van der Waals surface area contributed by atoms with Crippen LogP contribution in [0.4, 0.5) is 5.69 Å². The number of nitrogens with one attached hydrogen (secondary N) is 1. The molecule has 0 unspecified atom stereocenters. The number of halogens is 2. The van der Waals surface area contributed by atoms with E-state index >= 15 is 0 Å². The lowest BCUT2D eigenvalue weighted by molar-refractivity contribution is -0.384. The number of nitro groups is 1. The quantitative estimate of drug-likeness (QED) is 0.371. The number of benzene rings is 2. The van der Waals surface area contributed by atoms with Crippen molar-refractivity contribution in [3.8, 4) is 11.3 Å². The minimum atomic E-state index is -0.566. The standard InChI is InChI=1S/C18H11Cl2N3O4/c19-13-4-1-11(2-5-13)18(24)22-21-10-14-6-8-17(27-14)12-3-7-15(20)16(9-12)23(25)26/h1-10H,(H,22,24)/b21-10+. The number of hydrazone groups is 1. The molecule has 1 aromatic heterocycles. The fourth-order valence-corrected chi connectivity index (χ4v) is 2.52. The summed E-state index contributed by atoms with van der Waals surface area (Å²) in [5, 5.41) is 15.4. The summed E-state index contributed by atoms with van der Waals surface area (Å²) in [6, 6.07) is 14.0. The van der Waals surface area contributed by atoms with Gasteiger partial charge in [0.15, 0.2) is 0 Å². The van der Waals surface area contributed by atoms with Crippen molar-refractivity contribution in [1.82, 2.24) is 5.43 Å². The van der Waals surface area contributed by atoms with Crippen molar-refractivity contribution >= 4 is 41.0 Å². The summed E-state index contributed by atoms with van der Waals surface area (Å²) in [6.45, 7) is 0. The highest BCUT2D eigenvalue weighted by Crippen LogP contribution is 2.30. The molecule has 1 heterocycles. The maximum Gasteiger partial charge on any atom is 0.288 e. The molecule has 2 aromatic carbocycles. The van der Waals surface area contributed by atoms with E-state index in [2.05, 4.69) is 10.5 Å². The van der Waals surface area contributed by atoms with Gasteiger partial charge < -0.3 is 4.42 Å². The molecule has 1 amide bonds. The van der Waals surface area contributed by atoms with Crippen LogP contribution in [0.3, 0.4) is 0 Å². The maximum atomic E-state index is 11.9. The Bertz CT molecular complexity index is 1030. The number of carbonyl (C=O) groups is 1. The molecule has 0 fully saturated rings. The predicted molar refractivity (Wildman–Crippen MR) is 102 cm³/mol. The lowest BCUT2D eigenvalue weighted by Gasteiger charge is -2.00. The van der Waals surface area contributed by atoms with Crippen molar-refractivity contribution in [3.05, 3.63) is 86.1 Å². The minimum absolute atomic E-state index is 0.0435. The Hall–Kier alpha value is -3.16. The van der Waals surface area contributed by atoms with Crippen molar-refractivity contribution in [2.24, 2.45) is 5.10 Å². The largest absolute Gasteiger partial charge is 0.455 e. The van der Waals surface area contributed by atoms with Gasteiger partial charge >= 0.3 is 0 Å². The molecule has 27 heavy (non-hydrogen) atoms. The van der Waals surface area contributed by atoms with E-state index < -0.39 is 10.8 Å². The summed E-state index contributed by atoms with van der Waals surface area (Å²) in [6.07, 6.45) is 1.32. The fourth-order valence-electron chi connectivity index (χ4n) is 2.20. The third-order valence-electron chi connectivity index (χ3n) is 3.52. The number of carbonyl (C=O) groups excluding carboxylic acids is 1. The molecule has 7 nitrogen and oxygen atoms in total. The molecule has 3 rings (SSSR count). The minimum Gasteiger partial charge on any atom is -0.455 e. The number of nitrogens with zero attached hydrogens (tertiary/aromatic N) is 2. The van der Waals surface area contributed by atoms with Gasteiger partial charge in [0.25, 0.3) is 11.6 Å². The zero-order valence-corrected chi connectivity index (χ0v) is 15.1. The molecular weight excluding hydrogens is 393 g/mol. The summed E-state index contributed by atoms with van der Waals surface area (Å²) in [5.41, 5.74) is 3.06. The lowest BCUT2D eigenvalue weighted by atomic mass is 10.1. The normalized spacial score (nSPS) is 10.9. The summed E-state index contributed by atoms with van der Waals surface area (Å²) in [7, 11) is 0. The van der Waals surface area contributed by atoms with Crippen LogP contribution in [0.15, 0.2) is 64.1 Å². The van der Waals surface area contributed by atoms with Gasteiger partial charge in [0, 0.05) is 22.2 Å². The average Bonchev–Trinajstić information content (AvgIpc) is 3.11. The second-order valence-corrected chi connectivity index (χ2v) is 6.17. The number of hydrogen-bond acceptors (Lipinski definition) is 5. The first-order chi connectivity index (χ1) is 12.9. The van der Waals surface area contributed by atoms with E-state index in [0.717, 1.165) is 0 Å². The summed E-state index contributed by atoms with van der Waals surface area (Å²) >= 11 is 11.6. The molecule has 0 bridgehead atoms. The lowest BCUT2D eigenvalue weighted by Crippen LogP contribution is -2.17. The molecule has 0 atom stereocenters. The van der Waals surface area contributed by atoms with Gasteiger partial charge in [0.05, 0.1) is 11.1 Å². The maximum absolute atomic E-state index is 11.9. The van der Waals surface area contributed by atoms with Crippen LogP contribution < -0.4 is 5.43 Å². The van der Waals surface area contributed by atoms with Crippen LogP contribution in [0.5, 0.6) is 0 Å². The number of furan rings is 1. The fraction of sp³-hybridized carbons (Fsp3) is 0. The van der Waals surface area contributed by atoms with E-state index in [9.17, 15) is 14.9 Å². The van der Waals surface area contributed by atoms with Gasteiger partial charge in [-0.05, 0) is 48.5 Å². The van der Waals surface area contributed by atoms with E-state index in [1.807, 2.05) is 0 Å². The third kappa shape index (κ3) is 4.52. The highest BCUT2D eigenvalue weighted by Gasteiger charge is 2.15. The molecule has 0 radical (unpaired) electrons. The van der Waals surface area contributed by atoms with Crippen LogP contribution in [0.1, 0.15) is 16.1 Å². The van der Waals surface area contributed by atoms with Gasteiger partial charge in [-0.2, -0.15) is 5.10 Å². The number of amides is 1. The molecule has 3 aromatic rings. The summed E-state index contributed by atoms with van der Waals surface area (Å²) in [4.78, 5) is 22.3. The van der Waals surface area contributed by atoms with Gasteiger partial charge in [-0.25, -0.2) is 5.43 Å². The van der Waals surface area contributed by atoms with E-state index in [0.29, 0.717) is 27.7 Å². The topological polar surface area (TPSA) is 97.7 Å². The first-order valence-electron chi connectivity index (χ1n) is 7.57. The molecular formula is C18H11Cl2N3O4. The van der Waals surface area contributed by atoms with Crippen molar-refractivity contribution < 1.29 is 14.1 Å². The molecule has 0 saturated heterocycles. The van der Waals surface area contributed by atoms with Crippen molar-refractivity contribution in [3.63, 3.8) is 0 Å². The second kappa shape index (κ2) is 8.03. The average molecular weight is 404 g/mol. The van der Waals surface area contributed by atoms with Crippen LogP contribution in [0, 0.1) is 10.1 Å². The Balaban J connectivity index is 1.70. The Morgan fingerprint density at radius 1 is 1.11 bits per heavy atom. The van der Waals surface area contributed by atoms with Crippen LogP contribution >= 0.6 is 23.2 Å². The van der Waals surface area contributed by atoms with Gasteiger partial charge in [-0.3, -0.25) is 14.9 Å². The van der Waals surface area contributed by atoms with Gasteiger partial charge in [0.1, 0.15) is 16.5 Å². The summed E-state index contributed by atoms with van der Waals surface area (Å²) in [5.74, 6) is 0.363. The first kappa shape index (κ1) is 18.6. The first-order valence-corrected chi connectivity index (χ1v) is 8.33. The highest BCUT2D eigenvalue weighted by atomic mass is 35.5. The Morgan fingerprint density at radius 2 is 1.85 bits per heavy atom. The smallest absolute Gasteiger partial charge is 0.288 e. The molecule has 0 aliphatic heterocycles.